The minimum Gasteiger partial charge on any atom is -0.393 e. The molecule has 1 atom stereocenters. The molecular formula is C11H18O2. The Balaban J connectivity index is 4.16. The van der Waals surface area contributed by atoms with Crippen molar-refractivity contribution in [2.75, 3.05) is 6.61 Å². The Hall–Kier alpha value is -0.860. The maximum absolute atomic E-state index is 9.72. The van der Waals surface area contributed by atoms with Crippen LogP contribution in [0.2, 0.25) is 0 Å². The first-order chi connectivity index (χ1) is 6.18. The van der Waals surface area contributed by atoms with Gasteiger partial charge in [0.25, 0.3) is 0 Å². The third kappa shape index (κ3) is 5.39. The average Bonchev–Trinajstić information content (AvgIpc) is 2.13. The number of aliphatic hydroxyl groups is 2. The van der Waals surface area contributed by atoms with Crippen molar-refractivity contribution in [2.24, 2.45) is 0 Å². The number of hydrogen-bond donors (Lipinski definition) is 2. The summed E-state index contributed by atoms with van der Waals surface area (Å²) in [4.78, 5) is 0. The molecule has 0 aliphatic rings. The Labute approximate surface area is 79.9 Å². The first kappa shape index (κ1) is 12.1. The van der Waals surface area contributed by atoms with Crippen molar-refractivity contribution in [1.29, 1.82) is 0 Å². The maximum Gasteiger partial charge on any atom is 0.106 e. The van der Waals surface area contributed by atoms with Gasteiger partial charge in [0, 0.05) is 0 Å². The van der Waals surface area contributed by atoms with E-state index in [9.17, 15) is 5.11 Å². The summed E-state index contributed by atoms with van der Waals surface area (Å²) in [7, 11) is 0. The molecule has 2 nitrogen and oxygen atoms in total. The third-order valence-electron chi connectivity index (χ3n) is 1.72. The summed E-state index contributed by atoms with van der Waals surface area (Å²) in [6, 6.07) is 0. The first-order valence-corrected chi connectivity index (χ1v) is 4.48. The number of hydrogen-bond acceptors (Lipinski definition) is 2. The molecule has 2 N–H and O–H groups in total. The minimum atomic E-state index is -1.07. The molecule has 0 amide bonds. The molecule has 0 fully saturated rings. The Bertz CT molecular complexity index is 194. The van der Waals surface area contributed by atoms with Gasteiger partial charge in [-0.1, -0.05) is 50.3 Å². The van der Waals surface area contributed by atoms with Gasteiger partial charge in [0.2, 0.25) is 0 Å². The minimum absolute atomic E-state index is 0.237. The lowest BCUT2D eigenvalue weighted by atomic mass is 9.99. The van der Waals surface area contributed by atoms with Crippen molar-refractivity contribution in [3.05, 3.63) is 37.0 Å². The molecular weight excluding hydrogens is 164 g/mol. The van der Waals surface area contributed by atoms with Gasteiger partial charge in [-0.25, -0.2) is 0 Å². The van der Waals surface area contributed by atoms with Crippen molar-refractivity contribution >= 4 is 0 Å². The van der Waals surface area contributed by atoms with Gasteiger partial charge in [-0.3, -0.25) is 0 Å². The molecule has 0 bridgehead atoms. The van der Waals surface area contributed by atoms with Crippen molar-refractivity contribution in [1.82, 2.24) is 0 Å². The van der Waals surface area contributed by atoms with Crippen molar-refractivity contribution in [2.45, 2.75) is 25.4 Å². The van der Waals surface area contributed by atoms with Gasteiger partial charge in [0.15, 0.2) is 0 Å². The monoisotopic (exact) mass is 182 g/mol. The third-order valence-corrected chi connectivity index (χ3v) is 1.72. The van der Waals surface area contributed by atoms with Crippen LogP contribution in [-0.4, -0.2) is 22.4 Å². The summed E-state index contributed by atoms with van der Waals surface area (Å²) in [5, 5.41) is 18.7. The molecule has 13 heavy (non-hydrogen) atoms. The normalized spacial score (nSPS) is 16.5. The van der Waals surface area contributed by atoms with E-state index in [1.54, 1.807) is 30.4 Å². The molecule has 0 radical (unpaired) electrons. The van der Waals surface area contributed by atoms with Gasteiger partial charge >= 0.3 is 0 Å². The molecule has 74 valence electrons. The van der Waals surface area contributed by atoms with Crippen LogP contribution in [0.15, 0.2) is 37.0 Å². The summed E-state index contributed by atoms with van der Waals surface area (Å²) in [6.07, 6.45) is 9.92. The zero-order valence-corrected chi connectivity index (χ0v) is 8.11. The van der Waals surface area contributed by atoms with E-state index in [0.29, 0.717) is 6.42 Å². The standard InChI is InChI=1S/C11H18O2/c1-3-5-6-7-9-11(13,10-12)8-4-2/h3,5-7,9,12-13H,1,4,8,10H2,2H3/b6-5+,9-7+/t11-/m1/s1. The highest BCUT2D eigenvalue weighted by Crippen LogP contribution is 2.13. The van der Waals surface area contributed by atoms with Crippen LogP contribution in [0.5, 0.6) is 0 Å². The van der Waals surface area contributed by atoms with Gasteiger partial charge in [0.1, 0.15) is 5.60 Å². The van der Waals surface area contributed by atoms with Crippen molar-refractivity contribution in [3.63, 3.8) is 0 Å². The second-order valence-corrected chi connectivity index (χ2v) is 2.99. The number of allylic oxidation sites excluding steroid dienone is 4. The van der Waals surface area contributed by atoms with E-state index in [2.05, 4.69) is 6.58 Å². The van der Waals surface area contributed by atoms with E-state index in [1.807, 2.05) is 6.92 Å². The fourth-order valence-corrected chi connectivity index (χ4v) is 1.03. The van der Waals surface area contributed by atoms with E-state index in [-0.39, 0.29) is 6.61 Å². The lowest BCUT2D eigenvalue weighted by Gasteiger charge is -2.20. The number of aliphatic hydroxyl groups excluding tert-OH is 1. The van der Waals surface area contributed by atoms with Crippen LogP contribution < -0.4 is 0 Å². The van der Waals surface area contributed by atoms with E-state index < -0.39 is 5.60 Å². The smallest absolute Gasteiger partial charge is 0.106 e. The maximum atomic E-state index is 9.72. The molecule has 0 aromatic rings. The zero-order chi connectivity index (χ0) is 10.2. The van der Waals surface area contributed by atoms with Gasteiger partial charge in [-0.05, 0) is 6.42 Å². The van der Waals surface area contributed by atoms with Crippen LogP contribution in [-0.2, 0) is 0 Å². The van der Waals surface area contributed by atoms with Gasteiger partial charge < -0.3 is 10.2 Å². The highest BCUT2D eigenvalue weighted by atomic mass is 16.3. The first-order valence-electron chi connectivity index (χ1n) is 4.48. The molecule has 0 aliphatic heterocycles. The molecule has 0 saturated carbocycles. The quantitative estimate of drug-likeness (QED) is 0.615. The molecule has 0 aromatic carbocycles. The molecule has 0 rings (SSSR count). The molecule has 0 unspecified atom stereocenters. The second kappa shape index (κ2) is 6.63. The summed E-state index contributed by atoms with van der Waals surface area (Å²) < 4.78 is 0. The Morgan fingerprint density at radius 3 is 2.46 bits per heavy atom. The van der Waals surface area contributed by atoms with E-state index in [4.69, 9.17) is 5.11 Å². The zero-order valence-electron chi connectivity index (χ0n) is 8.11. The van der Waals surface area contributed by atoms with E-state index >= 15 is 0 Å². The van der Waals surface area contributed by atoms with E-state index in [1.165, 1.54) is 0 Å². The summed E-state index contributed by atoms with van der Waals surface area (Å²) >= 11 is 0. The Morgan fingerprint density at radius 1 is 1.31 bits per heavy atom. The topological polar surface area (TPSA) is 40.5 Å². The van der Waals surface area contributed by atoms with Crippen LogP contribution in [0.25, 0.3) is 0 Å². The lowest BCUT2D eigenvalue weighted by Crippen LogP contribution is -2.30. The van der Waals surface area contributed by atoms with Crippen LogP contribution in [0.1, 0.15) is 19.8 Å². The van der Waals surface area contributed by atoms with Crippen LogP contribution >= 0.6 is 0 Å². The Morgan fingerprint density at radius 2 is 2.00 bits per heavy atom. The molecule has 0 spiro atoms. The fourth-order valence-electron chi connectivity index (χ4n) is 1.03. The van der Waals surface area contributed by atoms with Gasteiger partial charge in [0.05, 0.1) is 6.61 Å². The molecule has 0 heterocycles. The SMILES string of the molecule is C=C/C=C/C=C/[C@@](O)(CO)CCC. The molecule has 0 aromatic heterocycles. The summed E-state index contributed by atoms with van der Waals surface area (Å²) in [5.74, 6) is 0. The lowest BCUT2D eigenvalue weighted by molar-refractivity contribution is 0.0198. The predicted octanol–water partition coefficient (Wildman–Crippen LogP) is 1.81. The second-order valence-electron chi connectivity index (χ2n) is 2.99. The summed E-state index contributed by atoms with van der Waals surface area (Å²) in [6.45, 7) is 5.25. The van der Waals surface area contributed by atoms with Gasteiger partial charge in [-0.2, -0.15) is 0 Å². The summed E-state index contributed by atoms with van der Waals surface area (Å²) in [5.41, 5.74) is -1.07. The Kier molecular flexibility index (Phi) is 6.20. The predicted molar refractivity (Wildman–Crippen MR) is 55.4 cm³/mol. The van der Waals surface area contributed by atoms with Crippen molar-refractivity contribution in [3.8, 4) is 0 Å². The fraction of sp³-hybridized carbons (Fsp3) is 0.455. The highest BCUT2D eigenvalue weighted by Gasteiger charge is 2.19. The van der Waals surface area contributed by atoms with Gasteiger partial charge in [-0.15, -0.1) is 0 Å². The molecule has 2 heteroatoms. The molecule has 0 saturated heterocycles. The largest absolute Gasteiger partial charge is 0.393 e. The van der Waals surface area contributed by atoms with Crippen molar-refractivity contribution < 1.29 is 10.2 Å². The van der Waals surface area contributed by atoms with Crippen LogP contribution in [0, 0.1) is 0 Å². The average molecular weight is 182 g/mol. The number of rotatable bonds is 6. The highest BCUT2D eigenvalue weighted by molar-refractivity contribution is 5.13. The van der Waals surface area contributed by atoms with Crippen LogP contribution in [0.3, 0.4) is 0 Å². The van der Waals surface area contributed by atoms with Crippen LogP contribution in [0.4, 0.5) is 0 Å². The molecule has 0 aliphatic carbocycles. The van der Waals surface area contributed by atoms with E-state index in [0.717, 1.165) is 6.42 Å².